The van der Waals surface area contributed by atoms with Gasteiger partial charge >= 0.3 is 0 Å². The van der Waals surface area contributed by atoms with E-state index in [1.54, 1.807) is 0 Å². The van der Waals surface area contributed by atoms with Crippen molar-refractivity contribution in [2.24, 2.45) is 12.5 Å². The molecule has 1 aromatic heterocycles. The molecule has 1 heterocycles. The smallest absolute Gasteiger partial charge is 0.0847 e. The van der Waals surface area contributed by atoms with Crippen LogP contribution in [-0.2, 0) is 13.5 Å². The maximum Gasteiger partial charge on any atom is 0.0847 e. The molecule has 0 radical (unpaired) electrons. The summed E-state index contributed by atoms with van der Waals surface area (Å²) in [4.78, 5) is 0. The number of aliphatic hydroxyl groups is 1. The lowest BCUT2D eigenvalue weighted by Crippen LogP contribution is -2.18. The van der Waals surface area contributed by atoms with Crippen LogP contribution in [0.1, 0.15) is 37.6 Å². The van der Waals surface area contributed by atoms with Crippen molar-refractivity contribution in [1.82, 2.24) is 9.78 Å². The average Bonchev–Trinajstić information content (AvgIpc) is 2.63. The summed E-state index contributed by atoms with van der Waals surface area (Å²) in [6, 6.07) is 0. The lowest BCUT2D eigenvalue weighted by atomic mass is 9.83. The third kappa shape index (κ3) is 2.11. The summed E-state index contributed by atoms with van der Waals surface area (Å²) in [6.45, 7) is 4.15. The fourth-order valence-corrected chi connectivity index (χ4v) is 2.95. The Kier molecular flexibility index (Phi) is 3.01. The zero-order valence-electron chi connectivity index (χ0n) is 10.1. The molecule has 0 bridgehead atoms. The van der Waals surface area contributed by atoms with Crippen LogP contribution in [0.5, 0.6) is 0 Å². The molecule has 1 aliphatic carbocycles. The van der Waals surface area contributed by atoms with Gasteiger partial charge in [-0.05, 0) is 38.0 Å². The van der Waals surface area contributed by atoms with E-state index in [9.17, 15) is 5.11 Å². The van der Waals surface area contributed by atoms with Crippen molar-refractivity contribution in [3.05, 3.63) is 16.4 Å². The highest BCUT2D eigenvalue weighted by Gasteiger charge is 2.35. The molecular weight excluding hydrogens is 224 g/mol. The van der Waals surface area contributed by atoms with Gasteiger partial charge in [0.2, 0.25) is 0 Å². The lowest BCUT2D eigenvalue weighted by Gasteiger charge is -2.23. The van der Waals surface area contributed by atoms with Crippen molar-refractivity contribution in [3.63, 3.8) is 0 Å². The Morgan fingerprint density at radius 1 is 1.62 bits per heavy atom. The van der Waals surface area contributed by atoms with Crippen LogP contribution >= 0.6 is 11.6 Å². The summed E-state index contributed by atoms with van der Waals surface area (Å²) in [5.74, 6) is 0. The molecule has 2 unspecified atom stereocenters. The highest BCUT2D eigenvalue weighted by molar-refractivity contribution is 6.31. The second-order valence-corrected chi connectivity index (χ2v) is 5.73. The number of hydrogen-bond acceptors (Lipinski definition) is 2. The highest BCUT2D eigenvalue weighted by atomic mass is 35.5. The number of hydrogen-bond donors (Lipinski definition) is 1. The van der Waals surface area contributed by atoms with Crippen molar-refractivity contribution in [1.29, 1.82) is 0 Å². The first kappa shape index (κ1) is 11.9. The average molecular weight is 243 g/mol. The maximum atomic E-state index is 9.63. The molecule has 16 heavy (non-hydrogen) atoms. The molecule has 0 aliphatic heterocycles. The molecule has 0 spiro atoms. The van der Waals surface area contributed by atoms with Crippen LogP contribution in [0, 0.1) is 12.3 Å². The number of nitrogens with zero attached hydrogens (tertiary/aromatic N) is 2. The Balaban J connectivity index is 2.21. The van der Waals surface area contributed by atoms with E-state index in [1.807, 2.05) is 18.7 Å². The van der Waals surface area contributed by atoms with E-state index >= 15 is 0 Å². The zero-order valence-corrected chi connectivity index (χ0v) is 10.9. The van der Waals surface area contributed by atoms with Crippen LogP contribution in [0.2, 0.25) is 5.02 Å². The monoisotopic (exact) mass is 242 g/mol. The van der Waals surface area contributed by atoms with Gasteiger partial charge in [0.05, 0.1) is 22.5 Å². The maximum absolute atomic E-state index is 9.63. The van der Waals surface area contributed by atoms with E-state index in [1.165, 1.54) is 0 Å². The predicted octanol–water partition coefficient (Wildman–Crippen LogP) is 2.48. The Hall–Kier alpha value is -0.540. The normalized spacial score (nSPS) is 29.9. The van der Waals surface area contributed by atoms with Crippen LogP contribution in [-0.4, -0.2) is 21.0 Å². The van der Waals surface area contributed by atoms with Crippen molar-refractivity contribution < 1.29 is 5.11 Å². The number of aliphatic hydroxyl groups excluding tert-OH is 1. The summed E-state index contributed by atoms with van der Waals surface area (Å²) in [7, 11) is 1.93. The standard InChI is InChI=1S/C12H19ClN2O/c1-8-11(13)10(15(3)14-8)7-12(2)5-4-9(16)6-12/h9,16H,4-7H2,1-3H3. The van der Waals surface area contributed by atoms with Gasteiger partial charge in [-0.1, -0.05) is 18.5 Å². The molecule has 4 heteroatoms. The second-order valence-electron chi connectivity index (χ2n) is 5.35. The summed E-state index contributed by atoms with van der Waals surface area (Å²) in [5, 5.41) is 14.7. The molecule has 0 amide bonds. The van der Waals surface area contributed by atoms with Gasteiger partial charge in [0.25, 0.3) is 0 Å². The zero-order chi connectivity index (χ0) is 11.9. The first-order valence-electron chi connectivity index (χ1n) is 5.77. The van der Waals surface area contributed by atoms with Gasteiger partial charge in [-0.3, -0.25) is 4.68 Å². The molecule has 0 aromatic carbocycles. The van der Waals surface area contributed by atoms with Gasteiger partial charge < -0.3 is 5.11 Å². The Morgan fingerprint density at radius 2 is 2.31 bits per heavy atom. The van der Waals surface area contributed by atoms with E-state index in [0.717, 1.165) is 42.1 Å². The van der Waals surface area contributed by atoms with Crippen LogP contribution in [0.3, 0.4) is 0 Å². The van der Waals surface area contributed by atoms with Crippen molar-refractivity contribution in [2.45, 2.75) is 45.6 Å². The fraction of sp³-hybridized carbons (Fsp3) is 0.750. The van der Waals surface area contributed by atoms with Crippen molar-refractivity contribution >= 4 is 11.6 Å². The van der Waals surface area contributed by atoms with E-state index in [-0.39, 0.29) is 11.5 Å². The molecule has 2 atom stereocenters. The number of aromatic nitrogens is 2. The summed E-state index contributed by atoms with van der Waals surface area (Å²) in [5.41, 5.74) is 2.15. The van der Waals surface area contributed by atoms with Crippen molar-refractivity contribution in [2.75, 3.05) is 0 Å². The minimum absolute atomic E-state index is 0.141. The van der Waals surface area contributed by atoms with Crippen LogP contribution in [0.15, 0.2) is 0 Å². The molecule has 1 aliphatic rings. The lowest BCUT2D eigenvalue weighted by molar-refractivity contribution is 0.163. The number of rotatable bonds is 2. The summed E-state index contributed by atoms with van der Waals surface area (Å²) in [6.07, 6.45) is 3.60. The Morgan fingerprint density at radius 3 is 2.75 bits per heavy atom. The largest absolute Gasteiger partial charge is 0.393 e. The van der Waals surface area contributed by atoms with Gasteiger partial charge in [-0.25, -0.2) is 0 Å². The van der Waals surface area contributed by atoms with Crippen LogP contribution in [0.4, 0.5) is 0 Å². The van der Waals surface area contributed by atoms with Crippen LogP contribution in [0.25, 0.3) is 0 Å². The van der Waals surface area contributed by atoms with E-state index < -0.39 is 0 Å². The molecule has 1 saturated carbocycles. The third-order valence-corrected chi connectivity index (χ3v) is 4.16. The number of halogens is 1. The van der Waals surface area contributed by atoms with E-state index in [0.29, 0.717) is 0 Å². The molecule has 2 rings (SSSR count). The number of aryl methyl sites for hydroxylation is 2. The second kappa shape index (κ2) is 4.04. The van der Waals surface area contributed by atoms with Gasteiger partial charge in [0, 0.05) is 7.05 Å². The SMILES string of the molecule is Cc1nn(C)c(CC2(C)CCC(O)C2)c1Cl. The molecular formula is C12H19ClN2O. The van der Waals surface area contributed by atoms with Gasteiger partial charge in [0.15, 0.2) is 0 Å². The Labute approximate surface area is 101 Å². The predicted molar refractivity (Wildman–Crippen MR) is 64.6 cm³/mol. The molecule has 1 aromatic rings. The van der Waals surface area contributed by atoms with Crippen molar-refractivity contribution in [3.8, 4) is 0 Å². The van der Waals surface area contributed by atoms with Gasteiger partial charge in [0.1, 0.15) is 0 Å². The van der Waals surface area contributed by atoms with E-state index in [4.69, 9.17) is 11.6 Å². The minimum atomic E-state index is -0.141. The fourth-order valence-electron chi connectivity index (χ4n) is 2.72. The molecule has 0 saturated heterocycles. The topological polar surface area (TPSA) is 38.0 Å². The molecule has 1 fully saturated rings. The Bertz CT molecular complexity index is 402. The first-order chi connectivity index (χ1) is 7.41. The van der Waals surface area contributed by atoms with Crippen LogP contribution < -0.4 is 0 Å². The van der Waals surface area contributed by atoms with Gasteiger partial charge in [-0.15, -0.1) is 0 Å². The summed E-state index contributed by atoms with van der Waals surface area (Å²) < 4.78 is 1.87. The summed E-state index contributed by atoms with van der Waals surface area (Å²) >= 11 is 6.25. The third-order valence-electron chi connectivity index (χ3n) is 3.67. The van der Waals surface area contributed by atoms with E-state index in [2.05, 4.69) is 12.0 Å². The first-order valence-corrected chi connectivity index (χ1v) is 6.15. The minimum Gasteiger partial charge on any atom is -0.393 e. The van der Waals surface area contributed by atoms with Gasteiger partial charge in [-0.2, -0.15) is 5.10 Å². The highest BCUT2D eigenvalue weighted by Crippen LogP contribution is 2.41. The molecule has 1 N–H and O–H groups in total. The quantitative estimate of drug-likeness (QED) is 0.865. The molecule has 3 nitrogen and oxygen atoms in total. The molecule has 90 valence electrons.